The quantitative estimate of drug-likeness (QED) is 0.566. The number of hydrogen-bond acceptors (Lipinski definition) is 5. The Balaban J connectivity index is 1.53. The number of thiazole rings is 1. The third-order valence-electron chi connectivity index (χ3n) is 4.73. The second kappa shape index (κ2) is 9.30. The van der Waals surface area contributed by atoms with Gasteiger partial charge in [-0.3, -0.25) is 4.79 Å². The molecule has 0 unspecified atom stereocenters. The summed E-state index contributed by atoms with van der Waals surface area (Å²) in [5, 5.41) is 5.76. The van der Waals surface area contributed by atoms with Crippen LogP contribution in [0.5, 0.6) is 11.5 Å². The second-order valence-corrected chi connectivity index (χ2v) is 8.98. The minimum atomic E-state index is -0.592. The molecule has 0 aliphatic rings. The van der Waals surface area contributed by atoms with Gasteiger partial charge in [0.05, 0.1) is 19.3 Å². The third kappa shape index (κ3) is 5.60. The molecule has 1 atom stereocenters. The number of nitrogens with zero attached hydrogens (tertiary/aromatic N) is 1. The molecule has 0 saturated carbocycles. The van der Waals surface area contributed by atoms with Crippen molar-refractivity contribution in [3.05, 3.63) is 65.2 Å². The number of hydrogen-bond donors (Lipinski definition) is 1. The van der Waals surface area contributed by atoms with Crippen LogP contribution in [0.1, 0.15) is 39.0 Å². The van der Waals surface area contributed by atoms with Crippen molar-refractivity contribution < 1.29 is 14.3 Å². The molecule has 0 bridgehead atoms. The largest absolute Gasteiger partial charge is 0.497 e. The summed E-state index contributed by atoms with van der Waals surface area (Å²) < 4.78 is 11.0. The van der Waals surface area contributed by atoms with Crippen LogP contribution in [0.4, 0.5) is 0 Å². The molecule has 5 nitrogen and oxygen atoms in total. The summed E-state index contributed by atoms with van der Waals surface area (Å²) in [6.45, 7) is 8.60. The smallest absolute Gasteiger partial charge is 0.261 e. The van der Waals surface area contributed by atoms with Gasteiger partial charge in [-0.15, -0.1) is 11.3 Å². The maximum Gasteiger partial charge on any atom is 0.261 e. The topological polar surface area (TPSA) is 60.5 Å². The number of aromatic nitrogens is 1. The zero-order valence-corrected chi connectivity index (χ0v) is 18.9. The van der Waals surface area contributed by atoms with Crippen molar-refractivity contribution in [1.29, 1.82) is 0 Å². The van der Waals surface area contributed by atoms with Gasteiger partial charge in [0.25, 0.3) is 5.91 Å². The van der Waals surface area contributed by atoms with Crippen molar-refractivity contribution in [2.75, 3.05) is 7.11 Å². The Bertz CT molecular complexity index is 973. The molecule has 1 heterocycles. The maximum atomic E-state index is 12.4. The fourth-order valence-electron chi connectivity index (χ4n) is 2.87. The summed E-state index contributed by atoms with van der Waals surface area (Å²) >= 11 is 1.55. The molecule has 158 valence electrons. The number of ether oxygens (including phenoxy) is 2. The van der Waals surface area contributed by atoms with Gasteiger partial charge in [0.1, 0.15) is 16.5 Å². The van der Waals surface area contributed by atoms with Crippen molar-refractivity contribution in [2.45, 2.75) is 45.8 Å². The van der Waals surface area contributed by atoms with E-state index in [9.17, 15) is 4.79 Å². The third-order valence-corrected chi connectivity index (χ3v) is 5.68. The molecule has 0 fully saturated rings. The molecule has 0 aliphatic carbocycles. The van der Waals surface area contributed by atoms with Gasteiger partial charge in [0, 0.05) is 10.9 Å². The molecule has 0 saturated heterocycles. The Morgan fingerprint density at radius 2 is 1.70 bits per heavy atom. The zero-order valence-electron chi connectivity index (χ0n) is 18.1. The summed E-state index contributed by atoms with van der Waals surface area (Å²) in [5.74, 6) is 1.32. The molecule has 2 aromatic carbocycles. The van der Waals surface area contributed by atoms with Crippen molar-refractivity contribution in [2.24, 2.45) is 0 Å². The molecule has 0 radical (unpaired) electrons. The SMILES string of the molecule is COc1ccc(-c2nc(CNC(=O)[C@@H](C)Oc3ccc(C(C)(C)C)cc3)cs2)cc1. The predicted octanol–water partition coefficient (Wildman–Crippen LogP) is 5.20. The highest BCUT2D eigenvalue weighted by Gasteiger charge is 2.17. The Kier molecular flexibility index (Phi) is 6.77. The van der Waals surface area contributed by atoms with Crippen LogP contribution in [-0.2, 0) is 16.8 Å². The van der Waals surface area contributed by atoms with Gasteiger partial charge in [-0.1, -0.05) is 32.9 Å². The highest BCUT2D eigenvalue weighted by Crippen LogP contribution is 2.26. The van der Waals surface area contributed by atoms with E-state index in [-0.39, 0.29) is 11.3 Å². The van der Waals surface area contributed by atoms with Crippen molar-refractivity contribution in [1.82, 2.24) is 10.3 Å². The van der Waals surface area contributed by atoms with Crippen LogP contribution in [0.15, 0.2) is 53.9 Å². The Morgan fingerprint density at radius 1 is 1.07 bits per heavy atom. The van der Waals surface area contributed by atoms with E-state index in [1.807, 2.05) is 53.9 Å². The molecule has 1 aromatic heterocycles. The van der Waals surface area contributed by atoms with Crippen LogP contribution in [0.25, 0.3) is 10.6 Å². The van der Waals surface area contributed by atoms with Gasteiger partial charge in [-0.25, -0.2) is 4.98 Å². The summed E-state index contributed by atoms with van der Waals surface area (Å²) in [6.07, 6.45) is -0.592. The number of nitrogens with one attached hydrogen (secondary N) is 1. The fourth-order valence-corrected chi connectivity index (χ4v) is 3.69. The predicted molar refractivity (Wildman–Crippen MR) is 121 cm³/mol. The van der Waals surface area contributed by atoms with Gasteiger partial charge < -0.3 is 14.8 Å². The van der Waals surface area contributed by atoms with Gasteiger partial charge in [0.2, 0.25) is 0 Å². The molecule has 1 amide bonds. The summed E-state index contributed by atoms with van der Waals surface area (Å²) in [7, 11) is 1.64. The molecular weight excluding hydrogens is 396 g/mol. The van der Waals surface area contributed by atoms with E-state index < -0.39 is 6.10 Å². The summed E-state index contributed by atoms with van der Waals surface area (Å²) in [6, 6.07) is 15.7. The molecule has 0 aliphatic heterocycles. The lowest BCUT2D eigenvalue weighted by atomic mass is 9.87. The summed E-state index contributed by atoms with van der Waals surface area (Å²) in [4.78, 5) is 17.0. The van der Waals surface area contributed by atoms with Gasteiger partial charge in [0.15, 0.2) is 6.10 Å². The van der Waals surface area contributed by atoms with Crippen LogP contribution in [-0.4, -0.2) is 24.1 Å². The monoisotopic (exact) mass is 424 g/mol. The lowest BCUT2D eigenvalue weighted by molar-refractivity contribution is -0.127. The first-order valence-electron chi connectivity index (χ1n) is 9.90. The van der Waals surface area contributed by atoms with E-state index >= 15 is 0 Å². The van der Waals surface area contributed by atoms with Crippen molar-refractivity contribution in [3.63, 3.8) is 0 Å². The second-order valence-electron chi connectivity index (χ2n) is 8.12. The summed E-state index contributed by atoms with van der Waals surface area (Å²) in [5.41, 5.74) is 3.15. The highest BCUT2D eigenvalue weighted by atomic mass is 32.1. The number of carbonyl (C=O) groups excluding carboxylic acids is 1. The number of amides is 1. The first-order valence-corrected chi connectivity index (χ1v) is 10.8. The van der Waals surface area contributed by atoms with Crippen LogP contribution >= 0.6 is 11.3 Å². The first-order chi connectivity index (χ1) is 14.3. The van der Waals surface area contributed by atoms with Gasteiger partial charge in [-0.2, -0.15) is 0 Å². The van der Waals surface area contributed by atoms with Crippen molar-refractivity contribution in [3.8, 4) is 22.1 Å². The molecular formula is C24H28N2O3S. The van der Waals surface area contributed by atoms with E-state index in [0.29, 0.717) is 12.3 Å². The van der Waals surface area contributed by atoms with Crippen LogP contribution in [0.2, 0.25) is 0 Å². The molecule has 0 spiro atoms. The van der Waals surface area contributed by atoms with Gasteiger partial charge in [-0.05, 0) is 54.3 Å². The van der Waals surface area contributed by atoms with E-state index in [4.69, 9.17) is 9.47 Å². The van der Waals surface area contributed by atoms with Crippen LogP contribution in [0, 0.1) is 0 Å². The van der Waals surface area contributed by atoms with E-state index in [0.717, 1.165) is 22.0 Å². The van der Waals surface area contributed by atoms with Crippen LogP contribution < -0.4 is 14.8 Å². The van der Waals surface area contributed by atoms with E-state index in [2.05, 4.69) is 31.1 Å². The van der Waals surface area contributed by atoms with E-state index in [1.54, 1.807) is 25.4 Å². The minimum absolute atomic E-state index is 0.0831. The Hall–Kier alpha value is -2.86. The van der Waals surface area contributed by atoms with Crippen LogP contribution in [0.3, 0.4) is 0 Å². The number of benzene rings is 2. The first kappa shape index (κ1) is 21.8. The number of methoxy groups -OCH3 is 1. The molecule has 3 rings (SSSR count). The zero-order chi connectivity index (χ0) is 21.7. The molecule has 30 heavy (non-hydrogen) atoms. The molecule has 3 aromatic rings. The average Bonchev–Trinajstić information content (AvgIpc) is 3.21. The Labute approximate surface area is 182 Å². The fraction of sp³-hybridized carbons (Fsp3) is 0.333. The molecule has 1 N–H and O–H groups in total. The highest BCUT2D eigenvalue weighted by molar-refractivity contribution is 7.13. The lowest BCUT2D eigenvalue weighted by Crippen LogP contribution is -2.36. The number of rotatable bonds is 7. The maximum absolute atomic E-state index is 12.4. The Morgan fingerprint density at radius 3 is 2.30 bits per heavy atom. The van der Waals surface area contributed by atoms with Gasteiger partial charge >= 0.3 is 0 Å². The van der Waals surface area contributed by atoms with E-state index in [1.165, 1.54) is 5.56 Å². The standard InChI is InChI=1S/C24H28N2O3S/c1-16(29-21-12-8-18(9-13-21)24(2,3)4)22(27)25-14-19-15-30-23(26-19)17-6-10-20(28-5)11-7-17/h6-13,15-16H,14H2,1-5H3,(H,25,27)/t16-/m1/s1. The average molecular weight is 425 g/mol. The van der Waals surface area contributed by atoms with Crippen molar-refractivity contribution >= 4 is 17.2 Å². The minimum Gasteiger partial charge on any atom is -0.497 e. The number of carbonyl (C=O) groups is 1. The lowest BCUT2D eigenvalue weighted by Gasteiger charge is -2.20. The molecule has 6 heteroatoms. The normalized spacial score (nSPS) is 12.3.